The zero-order valence-corrected chi connectivity index (χ0v) is 12.1. The quantitative estimate of drug-likeness (QED) is 0.865. The lowest BCUT2D eigenvalue weighted by atomic mass is 10.1. The van der Waals surface area contributed by atoms with Crippen LogP contribution in [0.3, 0.4) is 0 Å². The molecule has 0 fully saturated rings. The summed E-state index contributed by atoms with van der Waals surface area (Å²) in [6.45, 7) is 4.75. The number of amides is 1. The second-order valence-electron chi connectivity index (χ2n) is 5.69. The van der Waals surface area contributed by atoms with Gasteiger partial charge < -0.3 is 19.7 Å². The first-order chi connectivity index (χ1) is 9.41. The topological polar surface area (TPSA) is 76.4 Å². The van der Waals surface area contributed by atoms with Gasteiger partial charge in [0, 0.05) is 13.2 Å². The standard InChI is InChI=1S/C14H21N3O3/c1-14(2,20-3)8-17-9-15-7-12(17)10-4-5-11(6-10)16-13(18)19/h4,7,9,11,16H,5-6,8H2,1-3H3,(H,18,19). The Hall–Kier alpha value is -1.82. The molecule has 0 saturated heterocycles. The van der Waals surface area contributed by atoms with E-state index in [2.05, 4.69) is 20.9 Å². The first kappa shape index (κ1) is 14.6. The van der Waals surface area contributed by atoms with Gasteiger partial charge >= 0.3 is 6.09 Å². The van der Waals surface area contributed by atoms with E-state index < -0.39 is 6.09 Å². The number of carboxylic acid groups (broad SMARTS) is 1. The molecule has 1 amide bonds. The molecule has 1 heterocycles. The zero-order chi connectivity index (χ0) is 14.8. The summed E-state index contributed by atoms with van der Waals surface area (Å²) in [4.78, 5) is 14.9. The van der Waals surface area contributed by atoms with Crippen LogP contribution < -0.4 is 5.32 Å². The van der Waals surface area contributed by atoms with Crippen molar-refractivity contribution in [3.8, 4) is 0 Å². The molecule has 110 valence electrons. The largest absolute Gasteiger partial charge is 0.465 e. The van der Waals surface area contributed by atoms with Crippen molar-refractivity contribution in [3.63, 3.8) is 0 Å². The molecular formula is C14H21N3O3. The van der Waals surface area contributed by atoms with E-state index in [4.69, 9.17) is 9.84 Å². The van der Waals surface area contributed by atoms with Crippen LogP contribution in [0.2, 0.25) is 0 Å². The van der Waals surface area contributed by atoms with Crippen LogP contribution in [0.5, 0.6) is 0 Å². The van der Waals surface area contributed by atoms with Crippen LogP contribution in [-0.2, 0) is 11.3 Å². The third-order valence-electron chi connectivity index (χ3n) is 3.59. The van der Waals surface area contributed by atoms with Crippen LogP contribution in [0.25, 0.3) is 5.57 Å². The van der Waals surface area contributed by atoms with E-state index in [-0.39, 0.29) is 11.6 Å². The molecule has 0 bridgehead atoms. The van der Waals surface area contributed by atoms with Crippen molar-refractivity contribution in [1.29, 1.82) is 0 Å². The van der Waals surface area contributed by atoms with E-state index in [0.29, 0.717) is 13.0 Å². The predicted octanol–water partition coefficient (Wildman–Crippen LogP) is 2.12. The third-order valence-corrected chi connectivity index (χ3v) is 3.59. The molecule has 2 rings (SSSR count). The highest BCUT2D eigenvalue weighted by Crippen LogP contribution is 2.28. The number of hydrogen-bond acceptors (Lipinski definition) is 3. The van der Waals surface area contributed by atoms with E-state index in [0.717, 1.165) is 17.7 Å². The van der Waals surface area contributed by atoms with E-state index >= 15 is 0 Å². The highest BCUT2D eigenvalue weighted by molar-refractivity contribution is 5.69. The maximum atomic E-state index is 10.7. The van der Waals surface area contributed by atoms with Crippen LogP contribution in [0, 0.1) is 0 Å². The van der Waals surface area contributed by atoms with Crippen LogP contribution in [-0.4, -0.2) is 39.5 Å². The van der Waals surface area contributed by atoms with Crippen molar-refractivity contribution in [2.75, 3.05) is 7.11 Å². The van der Waals surface area contributed by atoms with Crippen molar-refractivity contribution in [2.24, 2.45) is 0 Å². The minimum atomic E-state index is -0.973. The van der Waals surface area contributed by atoms with E-state index in [1.54, 1.807) is 13.4 Å². The van der Waals surface area contributed by atoms with Gasteiger partial charge in [-0.05, 0) is 32.3 Å². The van der Waals surface area contributed by atoms with Crippen molar-refractivity contribution in [3.05, 3.63) is 24.3 Å². The summed E-state index contributed by atoms with van der Waals surface area (Å²) >= 11 is 0. The Labute approximate surface area is 118 Å². The highest BCUT2D eigenvalue weighted by atomic mass is 16.5. The van der Waals surface area contributed by atoms with Crippen molar-refractivity contribution < 1.29 is 14.6 Å². The molecule has 1 aliphatic rings. The van der Waals surface area contributed by atoms with Gasteiger partial charge in [0.15, 0.2) is 0 Å². The fraction of sp³-hybridized carbons (Fsp3) is 0.571. The molecule has 6 nitrogen and oxygen atoms in total. The van der Waals surface area contributed by atoms with Gasteiger partial charge in [-0.25, -0.2) is 9.78 Å². The molecular weight excluding hydrogens is 258 g/mol. The average Bonchev–Trinajstić information content (AvgIpc) is 2.97. The maximum Gasteiger partial charge on any atom is 0.404 e. The summed E-state index contributed by atoms with van der Waals surface area (Å²) in [5.41, 5.74) is 1.89. The number of aromatic nitrogens is 2. The number of nitrogens with zero attached hydrogens (tertiary/aromatic N) is 2. The van der Waals surface area contributed by atoms with Crippen LogP contribution >= 0.6 is 0 Å². The lowest BCUT2D eigenvalue weighted by Gasteiger charge is -2.24. The number of imidazole rings is 1. The molecule has 1 unspecified atom stereocenters. The number of carbonyl (C=O) groups is 1. The van der Waals surface area contributed by atoms with Crippen LogP contribution in [0.1, 0.15) is 32.4 Å². The molecule has 1 aromatic rings. The molecule has 1 aromatic heterocycles. The first-order valence-corrected chi connectivity index (χ1v) is 6.65. The van der Waals surface area contributed by atoms with Gasteiger partial charge in [-0.3, -0.25) is 0 Å². The summed E-state index contributed by atoms with van der Waals surface area (Å²) in [6, 6.07) is -0.0405. The monoisotopic (exact) mass is 279 g/mol. The van der Waals surface area contributed by atoms with Gasteiger partial charge in [0.05, 0.1) is 30.4 Å². The predicted molar refractivity (Wildman–Crippen MR) is 75.5 cm³/mol. The van der Waals surface area contributed by atoms with Crippen molar-refractivity contribution in [2.45, 2.75) is 44.9 Å². The Bertz CT molecular complexity index is 519. The van der Waals surface area contributed by atoms with Gasteiger partial charge in [0.25, 0.3) is 0 Å². The second kappa shape index (κ2) is 5.66. The number of nitrogens with one attached hydrogen (secondary N) is 1. The molecule has 1 atom stereocenters. The average molecular weight is 279 g/mol. The van der Waals surface area contributed by atoms with Gasteiger partial charge in [0.1, 0.15) is 0 Å². The molecule has 0 aromatic carbocycles. The smallest absolute Gasteiger partial charge is 0.404 e. The Balaban J connectivity index is 2.08. The van der Waals surface area contributed by atoms with E-state index in [9.17, 15) is 4.79 Å². The Kier molecular flexibility index (Phi) is 4.13. The summed E-state index contributed by atoms with van der Waals surface area (Å²) in [7, 11) is 1.69. The van der Waals surface area contributed by atoms with Crippen LogP contribution in [0.4, 0.5) is 4.79 Å². The molecule has 6 heteroatoms. The molecule has 0 aliphatic heterocycles. The highest BCUT2D eigenvalue weighted by Gasteiger charge is 2.24. The summed E-state index contributed by atoms with van der Waals surface area (Å²) in [5.74, 6) is 0. The number of methoxy groups -OCH3 is 1. The molecule has 1 aliphatic carbocycles. The molecule has 0 radical (unpaired) electrons. The number of rotatable bonds is 5. The minimum absolute atomic E-state index is 0.0405. The second-order valence-corrected chi connectivity index (χ2v) is 5.69. The Morgan fingerprint density at radius 1 is 1.65 bits per heavy atom. The zero-order valence-electron chi connectivity index (χ0n) is 12.1. The fourth-order valence-electron chi connectivity index (χ4n) is 2.40. The van der Waals surface area contributed by atoms with Crippen LogP contribution in [0.15, 0.2) is 18.6 Å². The fourth-order valence-corrected chi connectivity index (χ4v) is 2.40. The molecule has 0 saturated carbocycles. The van der Waals surface area contributed by atoms with E-state index in [1.165, 1.54) is 0 Å². The van der Waals surface area contributed by atoms with E-state index in [1.807, 2.05) is 20.0 Å². The van der Waals surface area contributed by atoms with Gasteiger partial charge in [-0.2, -0.15) is 0 Å². The van der Waals surface area contributed by atoms with Crippen molar-refractivity contribution in [1.82, 2.24) is 14.9 Å². The lowest BCUT2D eigenvalue weighted by Crippen LogP contribution is -2.31. The third kappa shape index (κ3) is 3.39. The number of hydrogen-bond donors (Lipinski definition) is 2. The van der Waals surface area contributed by atoms with Crippen molar-refractivity contribution >= 4 is 11.7 Å². The number of ether oxygens (including phenoxy) is 1. The molecule has 0 spiro atoms. The summed E-state index contributed by atoms with van der Waals surface area (Å²) in [5, 5.41) is 11.3. The lowest BCUT2D eigenvalue weighted by molar-refractivity contribution is 0.00797. The maximum absolute atomic E-state index is 10.7. The van der Waals surface area contributed by atoms with Gasteiger partial charge in [-0.15, -0.1) is 0 Å². The van der Waals surface area contributed by atoms with Gasteiger partial charge in [-0.1, -0.05) is 6.08 Å². The summed E-state index contributed by atoms with van der Waals surface area (Å²) < 4.78 is 7.50. The summed E-state index contributed by atoms with van der Waals surface area (Å²) in [6.07, 6.45) is 6.13. The SMILES string of the molecule is COC(C)(C)Cn1cncc1C1=CCC(NC(=O)O)C1. The normalized spacial score (nSPS) is 18.9. The first-order valence-electron chi connectivity index (χ1n) is 6.65. The minimum Gasteiger partial charge on any atom is -0.465 e. The molecule has 2 N–H and O–H groups in total. The molecule has 20 heavy (non-hydrogen) atoms. The van der Waals surface area contributed by atoms with Gasteiger partial charge in [0.2, 0.25) is 0 Å². The Morgan fingerprint density at radius 3 is 3.05 bits per heavy atom. The Morgan fingerprint density at radius 2 is 2.40 bits per heavy atom.